The van der Waals surface area contributed by atoms with Crippen LogP contribution in [0, 0.1) is 0 Å². The third kappa shape index (κ3) is 2.79. The quantitative estimate of drug-likeness (QED) is 0.520. The summed E-state index contributed by atoms with van der Waals surface area (Å²) in [6, 6.07) is 0. The summed E-state index contributed by atoms with van der Waals surface area (Å²) in [7, 11) is 0. The Morgan fingerprint density at radius 3 is 3.00 bits per heavy atom. The van der Waals surface area contributed by atoms with Crippen LogP contribution in [-0.4, -0.2) is 23.4 Å². The van der Waals surface area contributed by atoms with Gasteiger partial charge < -0.3 is 9.26 Å². The minimum atomic E-state index is 0.266. The summed E-state index contributed by atoms with van der Waals surface area (Å²) in [5.74, 6) is 1.38. The molecule has 0 aliphatic heterocycles. The van der Waals surface area contributed by atoms with Crippen LogP contribution in [-0.2, 0) is 17.0 Å². The Hall–Kier alpha value is -0.610. The third-order valence-electron chi connectivity index (χ3n) is 1.30. The van der Waals surface area contributed by atoms with Crippen LogP contribution in [0.25, 0.3) is 0 Å². The zero-order chi connectivity index (χ0) is 8.81. The average Bonchev–Trinajstić information content (AvgIpc) is 2.53. The lowest BCUT2D eigenvalue weighted by molar-refractivity contribution is 0.149. The summed E-state index contributed by atoms with van der Waals surface area (Å²) >= 11 is 5.47. The molecule has 12 heavy (non-hydrogen) atoms. The van der Waals surface area contributed by atoms with Gasteiger partial charge in [0.05, 0.1) is 6.61 Å². The highest BCUT2D eigenvalue weighted by atomic mass is 35.5. The molecule has 0 saturated carbocycles. The molecule has 0 fully saturated rings. The highest BCUT2D eigenvalue weighted by Gasteiger charge is 2.03. The molecule has 1 heterocycles. The Morgan fingerprint density at radius 2 is 2.42 bits per heavy atom. The molecule has 0 aromatic carbocycles. The largest absolute Gasteiger partial charge is 0.381 e. The van der Waals surface area contributed by atoms with E-state index in [1.165, 1.54) is 0 Å². The molecular weight excluding hydrogens is 180 g/mol. The summed E-state index contributed by atoms with van der Waals surface area (Å²) in [6.45, 7) is 3.28. The summed E-state index contributed by atoms with van der Waals surface area (Å²) in [5.41, 5.74) is 0. The number of aromatic nitrogens is 2. The van der Waals surface area contributed by atoms with E-state index in [2.05, 4.69) is 10.1 Å². The first kappa shape index (κ1) is 9.48. The monoisotopic (exact) mass is 190 g/mol. The highest BCUT2D eigenvalue weighted by molar-refractivity contribution is 6.16. The molecule has 0 atom stereocenters. The molecule has 0 bridgehead atoms. The number of rotatable bonds is 5. The normalized spacial score (nSPS) is 10.5. The van der Waals surface area contributed by atoms with Crippen molar-refractivity contribution in [1.29, 1.82) is 0 Å². The second kappa shape index (κ2) is 5.11. The van der Waals surface area contributed by atoms with E-state index >= 15 is 0 Å². The van der Waals surface area contributed by atoms with Crippen LogP contribution < -0.4 is 0 Å². The first-order chi connectivity index (χ1) is 5.86. The van der Waals surface area contributed by atoms with Crippen LogP contribution in [0.15, 0.2) is 4.52 Å². The molecule has 1 rings (SSSR count). The van der Waals surface area contributed by atoms with Crippen molar-refractivity contribution in [2.24, 2.45) is 0 Å². The minimum absolute atomic E-state index is 0.266. The second-order valence-electron chi connectivity index (χ2n) is 2.18. The molecule has 0 aliphatic rings. The zero-order valence-corrected chi connectivity index (χ0v) is 7.67. The smallest absolute Gasteiger partial charge is 0.241 e. The van der Waals surface area contributed by atoms with E-state index in [9.17, 15) is 0 Å². The standard InChI is InChI=1S/C7H11ClN2O2/c1-2-11-4-3-6-9-7(5-8)12-10-6/h2-5H2,1H3. The van der Waals surface area contributed by atoms with Gasteiger partial charge in [-0.25, -0.2) is 0 Å². The summed E-state index contributed by atoms with van der Waals surface area (Å²) < 4.78 is 9.92. The van der Waals surface area contributed by atoms with Crippen molar-refractivity contribution < 1.29 is 9.26 Å². The van der Waals surface area contributed by atoms with Crippen molar-refractivity contribution in [1.82, 2.24) is 10.1 Å². The van der Waals surface area contributed by atoms with Gasteiger partial charge in [0, 0.05) is 13.0 Å². The van der Waals surface area contributed by atoms with Crippen molar-refractivity contribution in [3.05, 3.63) is 11.7 Å². The second-order valence-corrected chi connectivity index (χ2v) is 2.45. The molecule has 5 heteroatoms. The first-order valence-corrected chi connectivity index (χ1v) is 4.35. The Morgan fingerprint density at radius 1 is 1.58 bits per heavy atom. The molecule has 1 aromatic heterocycles. The zero-order valence-electron chi connectivity index (χ0n) is 6.92. The van der Waals surface area contributed by atoms with Gasteiger partial charge >= 0.3 is 0 Å². The minimum Gasteiger partial charge on any atom is -0.381 e. The Bertz CT molecular complexity index is 227. The molecule has 0 N–H and O–H groups in total. The van der Waals surface area contributed by atoms with Crippen LogP contribution in [0.2, 0.25) is 0 Å². The molecule has 0 radical (unpaired) electrons. The summed E-state index contributed by atoms with van der Waals surface area (Å²) in [5, 5.41) is 3.71. The van der Waals surface area contributed by atoms with E-state index in [4.69, 9.17) is 20.9 Å². The van der Waals surface area contributed by atoms with E-state index in [1.807, 2.05) is 6.92 Å². The summed E-state index contributed by atoms with van der Waals surface area (Å²) in [4.78, 5) is 4.01. The van der Waals surface area contributed by atoms with Gasteiger partial charge in [0.15, 0.2) is 5.82 Å². The van der Waals surface area contributed by atoms with Gasteiger partial charge in [-0.3, -0.25) is 0 Å². The lowest BCUT2D eigenvalue weighted by atomic mass is 10.4. The van der Waals surface area contributed by atoms with Gasteiger partial charge in [-0.2, -0.15) is 4.98 Å². The lowest BCUT2D eigenvalue weighted by Gasteiger charge is -1.94. The van der Waals surface area contributed by atoms with E-state index in [0.717, 1.165) is 0 Å². The fourth-order valence-corrected chi connectivity index (χ4v) is 0.862. The van der Waals surface area contributed by atoms with Crippen molar-refractivity contribution in [2.75, 3.05) is 13.2 Å². The van der Waals surface area contributed by atoms with Crippen molar-refractivity contribution in [3.63, 3.8) is 0 Å². The van der Waals surface area contributed by atoms with E-state index < -0.39 is 0 Å². The van der Waals surface area contributed by atoms with Crippen molar-refractivity contribution in [2.45, 2.75) is 19.2 Å². The van der Waals surface area contributed by atoms with E-state index in [1.54, 1.807) is 0 Å². The van der Waals surface area contributed by atoms with Crippen LogP contribution in [0.3, 0.4) is 0 Å². The third-order valence-corrected chi connectivity index (χ3v) is 1.53. The summed E-state index contributed by atoms with van der Waals surface area (Å²) in [6.07, 6.45) is 0.675. The molecule has 0 unspecified atom stereocenters. The van der Waals surface area contributed by atoms with Gasteiger partial charge in [-0.15, -0.1) is 11.6 Å². The van der Waals surface area contributed by atoms with Gasteiger partial charge in [-0.1, -0.05) is 5.16 Å². The Balaban J connectivity index is 2.31. The Kier molecular flexibility index (Phi) is 4.04. The maximum absolute atomic E-state index is 5.47. The lowest BCUT2D eigenvalue weighted by Crippen LogP contribution is -1.99. The van der Waals surface area contributed by atoms with Crippen LogP contribution in [0.5, 0.6) is 0 Å². The molecular formula is C7H11ClN2O2. The van der Waals surface area contributed by atoms with Crippen molar-refractivity contribution in [3.8, 4) is 0 Å². The van der Waals surface area contributed by atoms with Gasteiger partial charge in [0.25, 0.3) is 0 Å². The predicted octanol–water partition coefficient (Wildman–Crippen LogP) is 1.39. The van der Waals surface area contributed by atoms with Gasteiger partial charge in [0.2, 0.25) is 5.89 Å². The number of hydrogen-bond acceptors (Lipinski definition) is 4. The van der Waals surface area contributed by atoms with Crippen LogP contribution in [0.1, 0.15) is 18.6 Å². The molecule has 0 amide bonds. The first-order valence-electron chi connectivity index (χ1n) is 3.82. The van der Waals surface area contributed by atoms with Crippen LogP contribution in [0.4, 0.5) is 0 Å². The highest BCUT2D eigenvalue weighted by Crippen LogP contribution is 2.01. The fraction of sp³-hybridized carbons (Fsp3) is 0.714. The molecule has 0 saturated heterocycles. The number of hydrogen-bond donors (Lipinski definition) is 0. The topological polar surface area (TPSA) is 48.2 Å². The van der Waals surface area contributed by atoms with E-state index in [0.29, 0.717) is 31.3 Å². The number of ether oxygens (including phenoxy) is 1. The maximum atomic E-state index is 5.47. The molecule has 0 aliphatic carbocycles. The van der Waals surface area contributed by atoms with Crippen molar-refractivity contribution >= 4 is 11.6 Å². The Labute approximate surface area is 75.9 Å². The number of nitrogens with zero attached hydrogens (tertiary/aromatic N) is 2. The average molecular weight is 191 g/mol. The van der Waals surface area contributed by atoms with Gasteiger partial charge in [-0.05, 0) is 6.92 Å². The van der Waals surface area contributed by atoms with Gasteiger partial charge in [0.1, 0.15) is 5.88 Å². The number of alkyl halides is 1. The molecule has 68 valence electrons. The van der Waals surface area contributed by atoms with Crippen LogP contribution >= 0.6 is 11.6 Å². The maximum Gasteiger partial charge on any atom is 0.241 e. The SMILES string of the molecule is CCOCCc1noc(CCl)n1. The van der Waals surface area contributed by atoms with E-state index in [-0.39, 0.29) is 5.88 Å². The molecule has 1 aromatic rings. The number of halogens is 1. The fourth-order valence-electron chi connectivity index (χ4n) is 0.754. The molecule has 4 nitrogen and oxygen atoms in total. The predicted molar refractivity (Wildman–Crippen MR) is 44.1 cm³/mol. The molecule has 0 spiro atoms.